The second-order valence-corrected chi connectivity index (χ2v) is 2.69. The highest BCUT2D eigenvalue weighted by Gasteiger charge is 2.08. The Balaban J connectivity index is 3.33. The van der Waals surface area contributed by atoms with Gasteiger partial charge in [-0.2, -0.15) is 10.5 Å². The van der Waals surface area contributed by atoms with Crippen molar-refractivity contribution in [3.8, 4) is 23.6 Å². The van der Waals surface area contributed by atoms with Gasteiger partial charge in [0.1, 0.15) is 0 Å². The van der Waals surface area contributed by atoms with Crippen LogP contribution in [0.1, 0.15) is 11.1 Å². The van der Waals surface area contributed by atoms with Crippen LogP contribution in [0.2, 0.25) is 0 Å². The lowest BCUT2D eigenvalue weighted by atomic mass is 10.1. The highest BCUT2D eigenvalue weighted by Crippen LogP contribution is 2.31. The second-order valence-electron chi connectivity index (χ2n) is 2.69. The van der Waals surface area contributed by atoms with E-state index in [1.807, 2.05) is 6.07 Å². The summed E-state index contributed by atoms with van der Waals surface area (Å²) >= 11 is 0. The zero-order chi connectivity index (χ0) is 11.3. The van der Waals surface area contributed by atoms with Crippen molar-refractivity contribution in [1.29, 1.82) is 10.5 Å². The summed E-state index contributed by atoms with van der Waals surface area (Å²) in [4.78, 5) is 0. The molecule has 0 heterocycles. The fourth-order valence-electron chi connectivity index (χ4n) is 1.10. The maximum Gasteiger partial charge on any atom is 0.165 e. The molecule has 0 amide bonds. The molecule has 0 saturated carbocycles. The van der Waals surface area contributed by atoms with Crippen molar-refractivity contribution < 1.29 is 9.84 Å². The number of phenolic OH excluding ortho intramolecular Hbond substituents is 1. The van der Waals surface area contributed by atoms with Crippen molar-refractivity contribution in [2.75, 3.05) is 7.11 Å². The van der Waals surface area contributed by atoms with Crippen molar-refractivity contribution >= 4 is 6.08 Å². The first-order chi connectivity index (χ1) is 7.22. The minimum atomic E-state index is -0.0806. The Morgan fingerprint density at radius 1 is 1.40 bits per heavy atom. The number of allylic oxidation sites excluding steroid dienone is 1. The molecule has 15 heavy (non-hydrogen) atoms. The molecular formula is C11H8N2O2. The van der Waals surface area contributed by atoms with Gasteiger partial charge in [0, 0.05) is 17.7 Å². The molecule has 4 nitrogen and oxygen atoms in total. The van der Waals surface area contributed by atoms with E-state index >= 15 is 0 Å². The van der Waals surface area contributed by atoms with Crippen LogP contribution in [0, 0.1) is 22.7 Å². The topological polar surface area (TPSA) is 77.0 Å². The van der Waals surface area contributed by atoms with Gasteiger partial charge in [-0.25, -0.2) is 0 Å². The molecule has 0 aromatic heterocycles. The van der Waals surface area contributed by atoms with Crippen LogP contribution < -0.4 is 4.74 Å². The summed E-state index contributed by atoms with van der Waals surface area (Å²) in [6.45, 7) is 0. The number of benzene rings is 1. The summed E-state index contributed by atoms with van der Waals surface area (Å²) in [6, 6.07) is 6.65. The van der Waals surface area contributed by atoms with Crippen molar-refractivity contribution in [3.63, 3.8) is 0 Å². The molecule has 0 unspecified atom stereocenters. The molecule has 0 spiro atoms. The summed E-state index contributed by atoms with van der Waals surface area (Å²) in [7, 11) is 1.40. The van der Waals surface area contributed by atoms with E-state index in [4.69, 9.17) is 15.3 Å². The number of ether oxygens (including phenoxy) is 1. The normalized spacial score (nSPS) is 9.53. The minimum absolute atomic E-state index is 0.0806. The van der Waals surface area contributed by atoms with Crippen LogP contribution in [0.4, 0.5) is 0 Å². The second kappa shape index (κ2) is 4.69. The molecule has 1 aromatic carbocycles. The fraction of sp³-hybridized carbons (Fsp3) is 0.0909. The molecule has 0 aliphatic carbocycles. The molecule has 0 aliphatic heterocycles. The summed E-state index contributed by atoms with van der Waals surface area (Å²) < 4.78 is 4.89. The molecule has 0 atom stereocenters. The van der Waals surface area contributed by atoms with Crippen LogP contribution in [0.5, 0.6) is 11.5 Å². The lowest BCUT2D eigenvalue weighted by Gasteiger charge is -2.06. The average Bonchev–Trinajstić information content (AvgIpc) is 2.27. The molecule has 0 radical (unpaired) electrons. The number of hydrogen-bond acceptors (Lipinski definition) is 4. The molecule has 4 heteroatoms. The fourth-order valence-corrected chi connectivity index (χ4v) is 1.10. The largest absolute Gasteiger partial charge is 0.504 e. The lowest BCUT2D eigenvalue weighted by Crippen LogP contribution is -1.88. The number of phenols is 1. The Hall–Kier alpha value is -2.46. The Morgan fingerprint density at radius 3 is 2.67 bits per heavy atom. The Morgan fingerprint density at radius 2 is 2.13 bits per heavy atom. The van der Waals surface area contributed by atoms with Crippen LogP contribution in [0.25, 0.3) is 6.08 Å². The van der Waals surface area contributed by atoms with Gasteiger partial charge >= 0.3 is 0 Å². The number of nitrogens with zero attached hydrogens (tertiary/aromatic N) is 2. The summed E-state index contributed by atoms with van der Waals surface area (Å²) in [5.74, 6) is 0.134. The smallest absolute Gasteiger partial charge is 0.165 e. The number of methoxy groups -OCH3 is 1. The van der Waals surface area contributed by atoms with Crippen LogP contribution >= 0.6 is 0 Å². The Kier molecular flexibility index (Phi) is 3.32. The van der Waals surface area contributed by atoms with Crippen LogP contribution in [-0.4, -0.2) is 12.2 Å². The van der Waals surface area contributed by atoms with Gasteiger partial charge in [0.05, 0.1) is 24.8 Å². The molecule has 0 aliphatic rings. The first-order valence-electron chi connectivity index (χ1n) is 4.10. The SMILES string of the molecule is COc1cc(C#N)cc(C=CC#N)c1O. The number of aromatic hydroxyl groups is 1. The summed E-state index contributed by atoms with van der Waals surface area (Å²) in [6.07, 6.45) is 2.63. The van der Waals surface area contributed by atoms with Gasteiger partial charge in [-0.15, -0.1) is 0 Å². The van der Waals surface area contributed by atoms with E-state index < -0.39 is 0 Å². The van der Waals surface area contributed by atoms with E-state index in [-0.39, 0.29) is 11.5 Å². The molecule has 0 bridgehead atoms. The molecule has 1 N–H and O–H groups in total. The first-order valence-corrected chi connectivity index (χ1v) is 4.10. The Bertz CT molecular complexity index is 479. The van der Waals surface area contributed by atoms with Gasteiger partial charge in [-0.1, -0.05) is 0 Å². The highest BCUT2D eigenvalue weighted by atomic mass is 16.5. The third kappa shape index (κ3) is 2.26. The maximum absolute atomic E-state index is 9.64. The van der Waals surface area contributed by atoms with Crippen LogP contribution in [-0.2, 0) is 0 Å². The number of rotatable bonds is 2. The summed E-state index contributed by atoms with van der Waals surface area (Å²) in [5.41, 5.74) is 0.745. The third-order valence-electron chi connectivity index (χ3n) is 1.79. The zero-order valence-corrected chi connectivity index (χ0v) is 8.06. The third-order valence-corrected chi connectivity index (χ3v) is 1.79. The monoisotopic (exact) mass is 200 g/mol. The predicted octanol–water partition coefficient (Wildman–Crippen LogP) is 1.81. The van der Waals surface area contributed by atoms with E-state index in [2.05, 4.69) is 0 Å². The van der Waals surface area contributed by atoms with E-state index in [9.17, 15) is 5.11 Å². The number of nitriles is 2. The zero-order valence-electron chi connectivity index (χ0n) is 8.06. The lowest BCUT2D eigenvalue weighted by molar-refractivity contribution is 0.373. The molecule has 1 rings (SSSR count). The standard InChI is InChI=1S/C11H8N2O2/c1-15-10-6-8(7-13)5-9(11(10)14)3-2-4-12/h2-3,5-6,14H,1H3. The highest BCUT2D eigenvalue weighted by molar-refractivity contribution is 5.65. The van der Waals surface area contributed by atoms with E-state index in [0.717, 1.165) is 0 Å². The molecule has 1 aromatic rings. The van der Waals surface area contributed by atoms with E-state index in [1.165, 1.54) is 31.4 Å². The van der Waals surface area contributed by atoms with Crippen molar-refractivity contribution in [3.05, 3.63) is 29.3 Å². The molecule has 0 fully saturated rings. The van der Waals surface area contributed by atoms with Crippen LogP contribution in [0.3, 0.4) is 0 Å². The van der Waals surface area contributed by atoms with E-state index in [0.29, 0.717) is 11.1 Å². The van der Waals surface area contributed by atoms with Gasteiger partial charge in [-0.05, 0) is 12.1 Å². The van der Waals surface area contributed by atoms with Gasteiger partial charge in [-0.3, -0.25) is 0 Å². The quantitative estimate of drug-likeness (QED) is 0.738. The minimum Gasteiger partial charge on any atom is -0.504 e. The Labute approximate surface area is 87.3 Å². The van der Waals surface area contributed by atoms with Gasteiger partial charge in [0.25, 0.3) is 0 Å². The molecule has 0 saturated heterocycles. The molecular weight excluding hydrogens is 192 g/mol. The molecule has 74 valence electrons. The predicted molar refractivity (Wildman–Crippen MR) is 54.0 cm³/mol. The van der Waals surface area contributed by atoms with Crippen molar-refractivity contribution in [2.24, 2.45) is 0 Å². The van der Waals surface area contributed by atoms with Gasteiger partial charge in [0.2, 0.25) is 0 Å². The van der Waals surface area contributed by atoms with Crippen molar-refractivity contribution in [1.82, 2.24) is 0 Å². The first kappa shape index (κ1) is 10.6. The van der Waals surface area contributed by atoms with Gasteiger partial charge in [0.15, 0.2) is 11.5 Å². The maximum atomic E-state index is 9.64. The average molecular weight is 200 g/mol. The number of hydrogen-bond donors (Lipinski definition) is 1. The van der Waals surface area contributed by atoms with Crippen LogP contribution in [0.15, 0.2) is 18.2 Å². The summed E-state index contributed by atoms with van der Waals surface area (Å²) in [5, 5.41) is 26.7. The van der Waals surface area contributed by atoms with Crippen molar-refractivity contribution in [2.45, 2.75) is 0 Å². The van der Waals surface area contributed by atoms with E-state index in [1.54, 1.807) is 6.07 Å². The van der Waals surface area contributed by atoms with Gasteiger partial charge < -0.3 is 9.84 Å².